The molecule has 0 saturated heterocycles. The summed E-state index contributed by atoms with van der Waals surface area (Å²) in [5.74, 6) is 1.36. The zero-order valence-electron chi connectivity index (χ0n) is 10.1. The molecule has 2 aromatic rings. The first-order valence-corrected chi connectivity index (χ1v) is 5.27. The molecule has 0 aliphatic rings. The fraction of sp³-hybridized carbons (Fsp3) is 0.364. The predicted molar refractivity (Wildman–Crippen MR) is 64.5 cm³/mol. The Hall–Kier alpha value is -1.95. The third kappa shape index (κ3) is 2.59. The molecule has 0 aliphatic carbocycles. The number of nitrogens with one attached hydrogen (secondary N) is 1. The van der Waals surface area contributed by atoms with Crippen molar-refractivity contribution >= 4 is 5.82 Å². The van der Waals surface area contributed by atoms with Crippen LogP contribution in [0.4, 0.5) is 5.82 Å². The van der Waals surface area contributed by atoms with Gasteiger partial charge in [0.2, 0.25) is 0 Å². The molecule has 2 heterocycles. The van der Waals surface area contributed by atoms with E-state index < -0.39 is 0 Å². The summed E-state index contributed by atoms with van der Waals surface area (Å²) in [5, 5.41) is 7.28. The largest absolute Gasteiger partial charge is 0.378 e. The molecule has 0 spiro atoms. The van der Waals surface area contributed by atoms with Crippen molar-refractivity contribution < 1.29 is 4.74 Å². The first-order chi connectivity index (χ1) is 8.22. The van der Waals surface area contributed by atoms with Gasteiger partial charge in [0.25, 0.3) is 0 Å². The quantitative estimate of drug-likeness (QED) is 0.855. The Balaban J connectivity index is 2.42. The van der Waals surface area contributed by atoms with E-state index in [1.54, 1.807) is 11.8 Å². The van der Waals surface area contributed by atoms with Crippen molar-refractivity contribution in [1.29, 1.82) is 0 Å². The Morgan fingerprint density at radius 2 is 2.24 bits per heavy atom. The summed E-state index contributed by atoms with van der Waals surface area (Å²) in [7, 11) is 5.32. The van der Waals surface area contributed by atoms with Gasteiger partial charge in [-0.25, -0.2) is 9.97 Å². The fourth-order valence-electron chi connectivity index (χ4n) is 1.50. The van der Waals surface area contributed by atoms with Gasteiger partial charge in [0.05, 0.1) is 12.3 Å². The molecule has 0 amide bonds. The monoisotopic (exact) mass is 233 g/mol. The van der Waals surface area contributed by atoms with Gasteiger partial charge < -0.3 is 10.1 Å². The highest BCUT2D eigenvalue weighted by molar-refractivity contribution is 5.52. The zero-order chi connectivity index (χ0) is 12.3. The average molecular weight is 233 g/mol. The summed E-state index contributed by atoms with van der Waals surface area (Å²) in [6.07, 6.45) is 1.86. The van der Waals surface area contributed by atoms with E-state index in [0.29, 0.717) is 12.4 Å². The van der Waals surface area contributed by atoms with E-state index in [0.717, 1.165) is 17.2 Å². The lowest BCUT2D eigenvalue weighted by Gasteiger charge is -2.05. The number of aryl methyl sites for hydroxylation is 1. The summed E-state index contributed by atoms with van der Waals surface area (Å²) < 4.78 is 6.80. The molecule has 6 nitrogen and oxygen atoms in total. The van der Waals surface area contributed by atoms with Crippen molar-refractivity contribution in [3.8, 4) is 11.5 Å². The molecule has 1 N–H and O–H groups in total. The van der Waals surface area contributed by atoms with Crippen LogP contribution in [0.5, 0.6) is 0 Å². The van der Waals surface area contributed by atoms with E-state index in [2.05, 4.69) is 20.4 Å². The number of nitrogens with zero attached hydrogens (tertiary/aromatic N) is 4. The van der Waals surface area contributed by atoms with Gasteiger partial charge in [-0.05, 0) is 6.07 Å². The second-order valence-electron chi connectivity index (χ2n) is 3.63. The van der Waals surface area contributed by atoms with Gasteiger partial charge in [-0.2, -0.15) is 5.10 Å². The zero-order valence-corrected chi connectivity index (χ0v) is 10.1. The van der Waals surface area contributed by atoms with Gasteiger partial charge in [-0.3, -0.25) is 4.68 Å². The van der Waals surface area contributed by atoms with Gasteiger partial charge in [-0.15, -0.1) is 0 Å². The van der Waals surface area contributed by atoms with E-state index in [1.807, 2.05) is 32.4 Å². The van der Waals surface area contributed by atoms with Crippen molar-refractivity contribution in [2.24, 2.45) is 7.05 Å². The summed E-state index contributed by atoms with van der Waals surface area (Å²) in [6.45, 7) is 0.455. The van der Waals surface area contributed by atoms with Crippen LogP contribution in [-0.2, 0) is 18.4 Å². The van der Waals surface area contributed by atoms with E-state index in [4.69, 9.17) is 4.74 Å². The van der Waals surface area contributed by atoms with Crippen molar-refractivity contribution in [2.45, 2.75) is 6.61 Å². The molecule has 0 bridgehead atoms. The summed E-state index contributed by atoms with van der Waals surface area (Å²) in [4.78, 5) is 8.77. The number of hydrogen-bond donors (Lipinski definition) is 1. The minimum atomic E-state index is 0.455. The topological polar surface area (TPSA) is 64.9 Å². The van der Waals surface area contributed by atoms with E-state index in [9.17, 15) is 0 Å². The second-order valence-corrected chi connectivity index (χ2v) is 3.63. The molecule has 2 aromatic heterocycles. The van der Waals surface area contributed by atoms with Gasteiger partial charge in [0, 0.05) is 33.5 Å². The highest BCUT2D eigenvalue weighted by atomic mass is 16.5. The number of ether oxygens (including phenoxy) is 1. The first kappa shape index (κ1) is 11.5. The highest BCUT2D eigenvalue weighted by Gasteiger charge is 2.08. The Morgan fingerprint density at radius 3 is 2.82 bits per heavy atom. The Bertz CT molecular complexity index is 508. The van der Waals surface area contributed by atoms with Crippen LogP contribution in [0.25, 0.3) is 11.5 Å². The van der Waals surface area contributed by atoms with Crippen LogP contribution in [0, 0.1) is 0 Å². The minimum absolute atomic E-state index is 0.455. The SMILES string of the molecule is CNc1cc(COC)nc(-c2ccn(C)n2)n1. The van der Waals surface area contributed by atoms with Gasteiger partial charge in [0.15, 0.2) is 5.82 Å². The molecule has 2 rings (SSSR count). The van der Waals surface area contributed by atoms with E-state index in [-0.39, 0.29) is 0 Å². The fourth-order valence-corrected chi connectivity index (χ4v) is 1.50. The summed E-state index contributed by atoms with van der Waals surface area (Å²) >= 11 is 0. The lowest BCUT2D eigenvalue weighted by atomic mass is 10.3. The maximum Gasteiger partial charge on any atom is 0.182 e. The minimum Gasteiger partial charge on any atom is -0.378 e. The van der Waals surface area contributed by atoms with Crippen molar-refractivity contribution in [3.63, 3.8) is 0 Å². The molecular formula is C11H15N5O. The van der Waals surface area contributed by atoms with Gasteiger partial charge in [0.1, 0.15) is 11.5 Å². The van der Waals surface area contributed by atoms with E-state index >= 15 is 0 Å². The molecule has 17 heavy (non-hydrogen) atoms. The maximum absolute atomic E-state index is 5.08. The Labute approximate surface area is 99.7 Å². The Kier molecular flexibility index (Phi) is 3.34. The van der Waals surface area contributed by atoms with Crippen LogP contribution in [0.3, 0.4) is 0 Å². The van der Waals surface area contributed by atoms with Crippen LogP contribution in [-0.4, -0.2) is 33.9 Å². The lowest BCUT2D eigenvalue weighted by Crippen LogP contribution is -2.02. The summed E-state index contributed by atoms with van der Waals surface area (Å²) in [5.41, 5.74) is 1.58. The van der Waals surface area contributed by atoms with Crippen molar-refractivity contribution in [3.05, 3.63) is 24.0 Å². The number of rotatable bonds is 4. The molecule has 0 unspecified atom stereocenters. The van der Waals surface area contributed by atoms with Crippen LogP contribution >= 0.6 is 0 Å². The molecule has 0 aromatic carbocycles. The van der Waals surface area contributed by atoms with Crippen LogP contribution in [0.1, 0.15) is 5.69 Å². The molecular weight excluding hydrogens is 218 g/mol. The summed E-state index contributed by atoms with van der Waals surface area (Å²) in [6, 6.07) is 3.74. The molecule has 6 heteroatoms. The van der Waals surface area contributed by atoms with Gasteiger partial charge >= 0.3 is 0 Å². The number of aromatic nitrogens is 4. The molecule has 0 aliphatic heterocycles. The predicted octanol–water partition coefficient (Wildman–Crippen LogP) is 1.07. The molecule has 0 fully saturated rings. The number of anilines is 1. The lowest BCUT2D eigenvalue weighted by molar-refractivity contribution is 0.181. The smallest absolute Gasteiger partial charge is 0.182 e. The number of methoxy groups -OCH3 is 1. The number of hydrogen-bond acceptors (Lipinski definition) is 5. The van der Waals surface area contributed by atoms with Crippen LogP contribution in [0.15, 0.2) is 18.3 Å². The maximum atomic E-state index is 5.08. The van der Waals surface area contributed by atoms with Crippen LogP contribution < -0.4 is 5.32 Å². The normalized spacial score (nSPS) is 10.5. The van der Waals surface area contributed by atoms with Crippen LogP contribution in [0.2, 0.25) is 0 Å². The highest BCUT2D eigenvalue weighted by Crippen LogP contribution is 2.16. The standard InChI is InChI=1S/C11H15N5O/c1-12-10-6-8(7-17-3)13-11(14-10)9-4-5-16(2)15-9/h4-6H,7H2,1-3H3,(H,12,13,14). The first-order valence-electron chi connectivity index (χ1n) is 5.27. The van der Waals surface area contributed by atoms with Crippen molar-refractivity contribution in [2.75, 3.05) is 19.5 Å². The second kappa shape index (κ2) is 4.92. The third-order valence-corrected chi connectivity index (χ3v) is 2.27. The van der Waals surface area contributed by atoms with E-state index in [1.165, 1.54) is 0 Å². The molecule has 0 atom stereocenters. The van der Waals surface area contributed by atoms with Crippen molar-refractivity contribution in [1.82, 2.24) is 19.7 Å². The average Bonchev–Trinajstić information content (AvgIpc) is 2.76. The third-order valence-electron chi connectivity index (χ3n) is 2.27. The van der Waals surface area contributed by atoms with Gasteiger partial charge in [-0.1, -0.05) is 0 Å². The molecule has 0 radical (unpaired) electrons. The Morgan fingerprint density at radius 1 is 1.41 bits per heavy atom. The molecule has 0 saturated carbocycles. The molecule has 90 valence electrons.